The van der Waals surface area contributed by atoms with Crippen LogP contribution in [0, 0.1) is 0 Å². The van der Waals surface area contributed by atoms with Gasteiger partial charge in [-0.3, -0.25) is 4.31 Å². The maximum atomic E-state index is 11.5. The third-order valence-electron chi connectivity index (χ3n) is 2.35. The van der Waals surface area contributed by atoms with E-state index in [4.69, 9.17) is 4.74 Å². The molecule has 0 radical (unpaired) electrons. The van der Waals surface area contributed by atoms with E-state index in [0.717, 1.165) is 6.26 Å². The van der Waals surface area contributed by atoms with Crippen molar-refractivity contribution >= 4 is 21.7 Å². The van der Waals surface area contributed by atoms with E-state index in [2.05, 4.69) is 0 Å². The predicted molar refractivity (Wildman–Crippen MR) is 70.3 cm³/mol. The standard InChI is InChI=1S/C12H17NO4S/c1-4-13(18(3,15)16)11-8-6-10(7-9-11)12(14)17-5-2/h6-9H,4-5H2,1-3H3. The van der Waals surface area contributed by atoms with E-state index < -0.39 is 16.0 Å². The van der Waals surface area contributed by atoms with Crippen molar-refractivity contribution in [1.29, 1.82) is 0 Å². The molecule has 0 aliphatic heterocycles. The van der Waals surface area contributed by atoms with Gasteiger partial charge in [0.05, 0.1) is 24.1 Å². The lowest BCUT2D eigenvalue weighted by Crippen LogP contribution is -2.29. The topological polar surface area (TPSA) is 63.7 Å². The van der Waals surface area contributed by atoms with Gasteiger partial charge in [0.25, 0.3) is 0 Å². The average molecular weight is 271 g/mol. The molecule has 0 saturated carbocycles. The van der Waals surface area contributed by atoms with Crippen molar-refractivity contribution in [3.8, 4) is 0 Å². The summed E-state index contributed by atoms with van der Waals surface area (Å²) in [5, 5.41) is 0. The summed E-state index contributed by atoms with van der Waals surface area (Å²) in [6.07, 6.45) is 1.15. The Labute approximate surface area is 107 Å². The van der Waals surface area contributed by atoms with Crippen LogP contribution in [0.1, 0.15) is 24.2 Å². The largest absolute Gasteiger partial charge is 0.462 e. The SMILES string of the molecule is CCOC(=O)c1ccc(N(CC)S(C)(=O)=O)cc1. The second-order valence-electron chi connectivity index (χ2n) is 3.70. The number of sulfonamides is 1. The highest BCUT2D eigenvalue weighted by Gasteiger charge is 2.15. The minimum atomic E-state index is -3.29. The van der Waals surface area contributed by atoms with Crippen LogP contribution >= 0.6 is 0 Å². The summed E-state index contributed by atoms with van der Waals surface area (Å²) < 4.78 is 29.2. The summed E-state index contributed by atoms with van der Waals surface area (Å²) in [5.74, 6) is -0.411. The van der Waals surface area contributed by atoms with E-state index in [1.807, 2.05) is 0 Å². The molecule has 0 amide bonds. The monoisotopic (exact) mass is 271 g/mol. The molecule has 0 N–H and O–H groups in total. The molecule has 0 unspecified atom stereocenters. The van der Waals surface area contributed by atoms with Gasteiger partial charge in [-0.15, -0.1) is 0 Å². The molecule has 0 fully saturated rings. The van der Waals surface area contributed by atoms with Gasteiger partial charge in [0, 0.05) is 6.54 Å². The predicted octanol–water partition coefficient (Wildman–Crippen LogP) is 1.65. The Kier molecular flexibility index (Phi) is 4.72. The first-order chi connectivity index (χ1) is 8.40. The van der Waals surface area contributed by atoms with Gasteiger partial charge in [-0.25, -0.2) is 13.2 Å². The minimum absolute atomic E-state index is 0.311. The number of anilines is 1. The molecule has 0 spiro atoms. The highest BCUT2D eigenvalue weighted by Crippen LogP contribution is 2.18. The van der Waals surface area contributed by atoms with Crippen LogP contribution in [0.3, 0.4) is 0 Å². The molecule has 0 bridgehead atoms. The molecule has 1 aromatic carbocycles. The molecule has 0 heterocycles. The van der Waals surface area contributed by atoms with E-state index in [1.54, 1.807) is 38.1 Å². The number of ether oxygens (including phenoxy) is 1. The van der Waals surface area contributed by atoms with Gasteiger partial charge in [-0.1, -0.05) is 0 Å². The lowest BCUT2D eigenvalue weighted by Gasteiger charge is -2.20. The number of nitrogens with zero attached hydrogens (tertiary/aromatic N) is 1. The van der Waals surface area contributed by atoms with E-state index in [1.165, 1.54) is 4.31 Å². The highest BCUT2D eigenvalue weighted by atomic mass is 32.2. The zero-order valence-electron chi connectivity index (χ0n) is 10.7. The first-order valence-corrected chi connectivity index (χ1v) is 7.49. The Bertz CT molecular complexity index is 507. The van der Waals surface area contributed by atoms with Gasteiger partial charge in [0.2, 0.25) is 10.0 Å². The van der Waals surface area contributed by atoms with Crippen LogP contribution < -0.4 is 4.31 Å². The molecule has 100 valence electrons. The van der Waals surface area contributed by atoms with Crippen molar-refractivity contribution < 1.29 is 17.9 Å². The van der Waals surface area contributed by atoms with Crippen LogP contribution in [0.4, 0.5) is 5.69 Å². The fraction of sp³-hybridized carbons (Fsp3) is 0.417. The van der Waals surface area contributed by atoms with Gasteiger partial charge < -0.3 is 4.74 Å². The molecule has 6 heteroatoms. The second kappa shape index (κ2) is 5.86. The second-order valence-corrected chi connectivity index (χ2v) is 5.60. The summed E-state index contributed by atoms with van der Waals surface area (Å²) in [6.45, 7) is 4.14. The molecular formula is C12H17NO4S. The van der Waals surface area contributed by atoms with Crippen LogP contribution in [0.25, 0.3) is 0 Å². The van der Waals surface area contributed by atoms with Crippen LogP contribution in [0.15, 0.2) is 24.3 Å². The zero-order chi connectivity index (χ0) is 13.8. The smallest absolute Gasteiger partial charge is 0.338 e. The molecule has 1 rings (SSSR count). The van der Waals surface area contributed by atoms with Crippen LogP contribution in [0.5, 0.6) is 0 Å². The fourth-order valence-corrected chi connectivity index (χ4v) is 2.56. The number of rotatable bonds is 5. The number of benzene rings is 1. The normalized spacial score (nSPS) is 11.1. The van der Waals surface area contributed by atoms with E-state index in [0.29, 0.717) is 24.4 Å². The zero-order valence-corrected chi connectivity index (χ0v) is 11.5. The van der Waals surface area contributed by atoms with Crippen molar-refractivity contribution in [3.63, 3.8) is 0 Å². The minimum Gasteiger partial charge on any atom is -0.462 e. The van der Waals surface area contributed by atoms with Gasteiger partial charge >= 0.3 is 5.97 Å². The molecule has 1 aromatic rings. The maximum absolute atomic E-state index is 11.5. The molecule has 0 aromatic heterocycles. The summed E-state index contributed by atoms with van der Waals surface area (Å²) in [7, 11) is -3.29. The Morgan fingerprint density at radius 2 is 1.78 bits per heavy atom. The fourth-order valence-electron chi connectivity index (χ4n) is 1.59. The van der Waals surface area contributed by atoms with E-state index >= 15 is 0 Å². The Morgan fingerprint density at radius 1 is 1.22 bits per heavy atom. The summed E-state index contributed by atoms with van der Waals surface area (Å²) in [6, 6.07) is 6.30. The van der Waals surface area contributed by atoms with E-state index in [9.17, 15) is 13.2 Å². The van der Waals surface area contributed by atoms with Gasteiger partial charge in [0.1, 0.15) is 0 Å². The number of carbonyl (C=O) groups is 1. The lowest BCUT2D eigenvalue weighted by molar-refractivity contribution is 0.0526. The van der Waals surface area contributed by atoms with Gasteiger partial charge in [-0.2, -0.15) is 0 Å². The molecule has 0 aliphatic carbocycles. The molecule has 0 saturated heterocycles. The molecule has 18 heavy (non-hydrogen) atoms. The van der Waals surface area contributed by atoms with Crippen LogP contribution in [-0.2, 0) is 14.8 Å². The highest BCUT2D eigenvalue weighted by molar-refractivity contribution is 7.92. The first kappa shape index (κ1) is 14.5. The Hall–Kier alpha value is -1.56. The third-order valence-corrected chi connectivity index (χ3v) is 3.62. The average Bonchev–Trinajstić information content (AvgIpc) is 2.29. The Morgan fingerprint density at radius 3 is 2.17 bits per heavy atom. The van der Waals surface area contributed by atoms with Crippen molar-refractivity contribution in [1.82, 2.24) is 0 Å². The first-order valence-electron chi connectivity index (χ1n) is 5.65. The third kappa shape index (κ3) is 3.46. The lowest BCUT2D eigenvalue weighted by atomic mass is 10.2. The number of carbonyl (C=O) groups excluding carboxylic acids is 1. The molecular weight excluding hydrogens is 254 g/mol. The van der Waals surface area contributed by atoms with Crippen LogP contribution in [0.2, 0.25) is 0 Å². The van der Waals surface area contributed by atoms with Crippen molar-refractivity contribution in [3.05, 3.63) is 29.8 Å². The number of hydrogen-bond donors (Lipinski definition) is 0. The summed E-state index contributed by atoms with van der Waals surface area (Å²) in [4.78, 5) is 11.4. The number of hydrogen-bond acceptors (Lipinski definition) is 4. The molecule has 0 aliphatic rings. The van der Waals surface area contributed by atoms with E-state index in [-0.39, 0.29) is 0 Å². The van der Waals surface area contributed by atoms with Crippen molar-refractivity contribution in [2.24, 2.45) is 0 Å². The maximum Gasteiger partial charge on any atom is 0.338 e. The quantitative estimate of drug-likeness (QED) is 0.764. The van der Waals surface area contributed by atoms with Crippen LogP contribution in [-0.4, -0.2) is 33.8 Å². The molecule has 0 atom stereocenters. The summed E-state index contributed by atoms with van der Waals surface area (Å²) >= 11 is 0. The van der Waals surface area contributed by atoms with Crippen molar-refractivity contribution in [2.75, 3.05) is 23.7 Å². The molecule has 5 nitrogen and oxygen atoms in total. The van der Waals surface area contributed by atoms with Gasteiger partial charge in [-0.05, 0) is 38.1 Å². The van der Waals surface area contributed by atoms with Gasteiger partial charge in [0.15, 0.2) is 0 Å². The number of esters is 1. The van der Waals surface area contributed by atoms with Crippen molar-refractivity contribution in [2.45, 2.75) is 13.8 Å². The Balaban J connectivity index is 2.98. The summed E-state index contributed by atoms with van der Waals surface area (Å²) in [5.41, 5.74) is 0.943.